The predicted octanol–water partition coefficient (Wildman–Crippen LogP) is 2.66. The van der Waals surface area contributed by atoms with Gasteiger partial charge in [-0.2, -0.15) is 0 Å². The van der Waals surface area contributed by atoms with E-state index in [1.165, 1.54) is 0 Å². The number of carbonyl (C=O) groups excluding carboxylic acids is 1. The monoisotopic (exact) mass is 297 g/mol. The van der Waals surface area contributed by atoms with E-state index in [1.807, 2.05) is 23.1 Å². The number of hydrogen-bond acceptors (Lipinski definition) is 3. The van der Waals surface area contributed by atoms with Crippen LogP contribution in [0, 0.1) is 0 Å². The molecule has 2 aromatic rings. The average molecular weight is 297 g/mol. The van der Waals surface area contributed by atoms with E-state index in [2.05, 4.69) is 0 Å². The summed E-state index contributed by atoms with van der Waals surface area (Å²) in [5.74, 6) is 0.868. The number of amides is 1. The summed E-state index contributed by atoms with van der Waals surface area (Å²) in [7, 11) is 0. The van der Waals surface area contributed by atoms with Crippen molar-refractivity contribution in [2.75, 3.05) is 13.1 Å². The lowest BCUT2D eigenvalue weighted by Gasteiger charge is -2.17. The smallest absolute Gasteiger partial charge is 0.227 e. The van der Waals surface area contributed by atoms with Gasteiger partial charge in [-0.1, -0.05) is 24.3 Å². The Morgan fingerprint density at radius 3 is 2.59 bits per heavy atom. The number of nitrogens with zero attached hydrogens (tertiary/aromatic N) is 1. The zero-order valence-electron chi connectivity index (χ0n) is 12.3. The Morgan fingerprint density at radius 1 is 1.09 bits per heavy atom. The first-order chi connectivity index (χ1) is 10.6. The molecule has 0 spiro atoms. The molecule has 22 heavy (non-hydrogen) atoms. The second-order valence-corrected chi connectivity index (χ2v) is 5.76. The van der Waals surface area contributed by atoms with Crippen LogP contribution >= 0.6 is 0 Å². The lowest BCUT2D eigenvalue weighted by atomic mass is 9.98. The predicted molar refractivity (Wildman–Crippen MR) is 83.9 cm³/mol. The highest BCUT2D eigenvalue weighted by Crippen LogP contribution is 2.28. The maximum atomic E-state index is 12.4. The topological polar surface area (TPSA) is 60.8 Å². The molecular formula is C18H19NO3. The molecule has 0 bridgehead atoms. The fourth-order valence-corrected chi connectivity index (χ4v) is 2.96. The molecule has 1 aliphatic rings. The Hall–Kier alpha value is -2.49. The molecule has 1 atom stereocenters. The second-order valence-electron chi connectivity index (χ2n) is 5.76. The van der Waals surface area contributed by atoms with Crippen molar-refractivity contribution in [3.05, 3.63) is 59.7 Å². The van der Waals surface area contributed by atoms with Gasteiger partial charge >= 0.3 is 0 Å². The standard InChI is InChI=1S/C18H19NO3/c20-16-6-4-14(5-7-16)15-8-9-19(12-15)18(22)11-13-2-1-3-17(21)10-13/h1-7,10,15,20-21H,8-9,11-12H2/t15-/m1/s1. The Kier molecular flexibility index (Phi) is 4.00. The summed E-state index contributed by atoms with van der Waals surface area (Å²) < 4.78 is 0. The van der Waals surface area contributed by atoms with Crippen LogP contribution in [0.1, 0.15) is 23.5 Å². The van der Waals surface area contributed by atoms with Gasteiger partial charge in [-0.05, 0) is 41.8 Å². The van der Waals surface area contributed by atoms with Crippen LogP contribution in [0.5, 0.6) is 11.5 Å². The molecule has 0 unspecified atom stereocenters. The van der Waals surface area contributed by atoms with Crippen molar-refractivity contribution < 1.29 is 15.0 Å². The van der Waals surface area contributed by atoms with Crippen LogP contribution in [0.2, 0.25) is 0 Å². The van der Waals surface area contributed by atoms with Crippen LogP contribution in [0.15, 0.2) is 48.5 Å². The first kappa shape index (κ1) is 14.4. The Morgan fingerprint density at radius 2 is 1.86 bits per heavy atom. The number of likely N-dealkylation sites (tertiary alicyclic amines) is 1. The van der Waals surface area contributed by atoms with E-state index >= 15 is 0 Å². The SMILES string of the molecule is O=C(Cc1cccc(O)c1)N1CC[C@@H](c2ccc(O)cc2)C1. The minimum atomic E-state index is 0.0897. The normalized spacial score (nSPS) is 17.6. The minimum absolute atomic E-state index is 0.0897. The molecule has 0 aromatic heterocycles. The van der Waals surface area contributed by atoms with Gasteiger partial charge in [0.2, 0.25) is 5.91 Å². The van der Waals surface area contributed by atoms with Gasteiger partial charge in [0.05, 0.1) is 6.42 Å². The molecule has 114 valence electrons. The fourth-order valence-electron chi connectivity index (χ4n) is 2.96. The van der Waals surface area contributed by atoms with Crippen molar-refractivity contribution >= 4 is 5.91 Å². The van der Waals surface area contributed by atoms with Gasteiger partial charge in [0.15, 0.2) is 0 Å². The van der Waals surface area contributed by atoms with Crippen LogP contribution in [-0.4, -0.2) is 34.1 Å². The van der Waals surface area contributed by atoms with Crippen LogP contribution in [0.4, 0.5) is 0 Å². The molecule has 1 saturated heterocycles. The highest BCUT2D eigenvalue weighted by Gasteiger charge is 2.27. The zero-order chi connectivity index (χ0) is 15.5. The highest BCUT2D eigenvalue weighted by atomic mass is 16.3. The molecule has 4 nitrogen and oxygen atoms in total. The molecule has 2 N–H and O–H groups in total. The summed E-state index contributed by atoms with van der Waals surface area (Å²) in [6, 6.07) is 14.0. The molecule has 1 amide bonds. The molecule has 0 saturated carbocycles. The maximum Gasteiger partial charge on any atom is 0.227 e. The number of phenolic OH excluding ortho intramolecular Hbond substituents is 2. The number of carbonyl (C=O) groups is 1. The van der Waals surface area contributed by atoms with Crippen molar-refractivity contribution in [3.8, 4) is 11.5 Å². The van der Waals surface area contributed by atoms with Gasteiger partial charge in [-0.15, -0.1) is 0 Å². The Labute approximate surface area is 129 Å². The van der Waals surface area contributed by atoms with Crippen molar-refractivity contribution in [2.45, 2.75) is 18.8 Å². The van der Waals surface area contributed by atoms with E-state index in [-0.39, 0.29) is 17.4 Å². The Bertz CT molecular complexity index is 666. The van der Waals surface area contributed by atoms with Crippen molar-refractivity contribution in [3.63, 3.8) is 0 Å². The molecule has 0 aliphatic carbocycles. The minimum Gasteiger partial charge on any atom is -0.508 e. The molecular weight excluding hydrogens is 278 g/mol. The summed E-state index contributed by atoms with van der Waals surface area (Å²) in [4.78, 5) is 14.2. The molecule has 1 fully saturated rings. The number of hydrogen-bond donors (Lipinski definition) is 2. The number of benzene rings is 2. The van der Waals surface area contributed by atoms with Gasteiger partial charge in [-0.3, -0.25) is 4.79 Å². The van der Waals surface area contributed by atoms with Crippen molar-refractivity contribution in [1.29, 1.82) is 0 Å². The maximum absolute atomic E-state index is 12.4. The van der Waals surface area contributed by atoms with E-state index in [0.717, 1.165) is 24.1 Å². The second kappa shape index (κ2) is 6.10. The first-order valence-electron chi connectivity index (χ1n) is 7.46. The molecule has 1 heterocycles. The zero-order valence-corrected chi connectivity index (χ0v) is 12.3. The largest absolute Gasteiger partial charge is 0.508 e. The third-order valence-electron chi connectivity index (χ3n) is 4.17. The summed E-state index contributed by atoms with van der Waals surface area (Å²) in [6.45, 7) is 1.46. The molecule has 2 aromatic carbocycles. The van der Waals surface area contributed by atoms with Gasteiger partial charge in [-0.25, -0.2) is 0 Å². The summed E-state index contributed by atoms with van der Waals surface area (Å²) in [6.07, 6.45) is 1.26. The summed E-state index contributed by atoms with van der Waals surface area (Å²) >= 11 is 0. The molecule has 1 aliphatic heterocycles. The summed E-state index contributed by atoms with van der Waals surface area (Å²) in [5.41, 5.74) is 1.99. The van der Waals surface area contributed by atoms with Gasteiger partial charge in [0.25, 0.3) is 0 Å². The van der Waals surface area contributed by atoms with E-state index < -0.39 is 0 Å². The lowest BCUT2D eigenvalue weighted by Crippen LogP contribution is -2.29. The van der Waals surface area contributed by atoms with Crippen molar-refractivity contribution in [2.24, 2.45) is 0 Å². The number of phenols is 2. The number of aromatic hydroxyl groups is 2. The third-order valence-corrected chi connectivity index (χ3v) is 4.17. The fraction of sp³-hybridized carbons (Fsp3) is 0.278. The van der Waals surface area contributed by atoms with Gasteiger partial charge in [0.1, 0.15) is 11.5 Å². The van der Waals surface area contributed by atoms with Gasteiger partial charge in [0, 0.05) is 19.0 Å². The van der Waals surface area contributed by atoms with Crippen LogP contribution < -0.4 is 0 Å². The van der Waals surface area contributed by atoms with Crippen LogP contribution in [0.25, 0.3) is 0 Å². The molecule has 4 heteroatoms. The van der Waals surface area contributed by atoms with Crippen LogP contribution in [-0.2, 0) is 11.2 Å². The highest BCUT2D eigenvalue weighted by molar-refractivity contribution is 5.79. The summed E-state index contributed by atoms with van der Waals surface area (Å²) in [5, 5.41) is 18.8. The first-order valence-corrected chi connectivity index (χ1v) is 7.46. The van der Waals surface area contributed by atoms with Crippen LogP contribution in [0.3, 0.4) is 0 Å². The van der Waals surface area contributed by atoms with E-state index in [0.29, 0.717) is 18.9 Å². The van der Waals surface area contributed by atoms with E-state index in [1.54, 1.807) is 30.3 Å². The quantitative estimate of drug-likeness (QED) is 0.915. The van der Waals surface area contributed by atoms with Crippen molar-refractivity contribution in [1.82, 2.24) is 4.90 Å². The van der Waals surface area contributed by atoms with E-state index in [4.69, 9.17) is 0 Å². The average Bonchev–Trinajstić information content (AvgIpc) is 2.98. The van der Waals surface area contributed by atoms with E-state index in [9.17, 15) is 15.0 Å². The Balaban J connectivity index is 1.62. The number of rotatable bonds is 3. The molecule has 0 radical (unpaired) electrons. The third kappa shape index (κ3) is 3.22. The molecule has 3 rings (SSSR count). The lowest BCUT2D eigenvalue weighted by molar-refractivity contribution is -0.129. The van der Waals surface area contributed by atoms with Gasteiger partial charge < -0.3 is 15.1 Å².